The van der Waals surface area contributed by atoms with Crippen LogP contribution in [0.1, 0.15) is 42.5 Å². The summed E-state index contributed by atoms with van der Waals surface area (Å²) in [6, 6.07) is 26.1. The van der Waals surface area contributed by atoms with Gasteiger partial charge in [-0.15, -0.1) is 0 Å². The summed E-state index contributed by atoms with van der Waals surface area (Å²) in [5.41, 5.74) is 2.64. The fraction of sp³-hybridized carbons (Fsp3) is 0.259. The monoisotopic (exact) mass is 430 g/mol. The lowest BCUT2D eigenvalue weighted by molar-refractivity contribution is -0.141. The number of ether oxygens (including phenoxy) is 1. The van der Waals surface area contributed by atoms with Gasteiger partial charge >= 0.3 is 0 Å². The van der Waals surface area contributed by atoms with Gasteiger partial charge in [0.15, 0.2) is 0 Å². The highest BCUT2D eigenvalue weighted by molar-refractivity contribution is 5.88. The minimum atomic E-state index is -0.731. The molecule has 0 fully saturated rings. The lowest BCUT2D eigenvalue weighted by Gasteiger charge is -2.31. The van der Waals surface area contributed by atoms with E-state index >= 15 is 0 Å². The summed E-state index contributed by atoms with van der Waals surface area (Å²) in [5.74, 6) is 0.451. The van der Waals surface area contributed by atoms with Crippen LogP contribution in [-0.4, -0.2) is 23.8 Å². The number of carbonyl (C=O) groups is 2. The van der Waals surface area contributed by atoms with Crippen LogP contribution in [0.3, 0.4) is 0 Å². The molecule has 0 aliphatic rings. The first-order valence-electron chi connectivity index (χ1n) is 10.9. The zero-order chi connectivity index (χ0) is 22.8. The predicted molar refractivity (Wildman–Crippen MR) is 126 cm³/mol. The molecule has 1 atom stereocenters. The fourth-order valence-electron chi connectivity index (χ4n) is 3.70. The van der Waals surface area contributed by atoms with Crippen LogP contribution in [0.25, 0.3) is 0 Å². The summed E-state index contributed by atoms with van der Waals surface area (Å²) in [7, 11) is 1.61. The van der Waals surface area contributed by atoms with Crippen LogP contribution in [-0.2, 0) is 22.7 Å². The van der Waals surface area contributed by atoms with Crippen molar-refractivity contribution in [2.45, 2.75) is 38.9 Å². The highest BCUT2D eigenvalue weighted by Crippen LogP contribution is 2.25. The Bertz CT molecular complexity index is 1010. The summed E-state index contributed by atoms with van der Waals surface area (Å²) < 4.78 is 5.40. The Balaban J connectivity index is 1.91. The van der Waals surface area contributed by atoms with Crippen molar-refractivity contribution in [2.75, 3.05) is 7.11 Å². The van der Waals surface area contributed by atoms with Crippen LogP contribution in [0.4, 0.5) is 0 Å². The smallest absolute Gasteiger partial charge is 0.247 e. The van der Waals surface area contributed by atoms with Gasteiger partial charge in [0.05, 0.1) is 7.11 Å². The minimum absolute atomic E-state index is 0.0438. The van der Waals surface area contributed by atoms with Gasteiger partial charge in [-0.2, -0.15) is 0 Å². The molecule has 0 saturated carbocycles. The van der Waals surface area contributed by atoms with Gasteiger partial charge in [0, 0.05) is 25.1 Å². The molecule has 0 unspecified atom stereocenters. The molecule has 3 rings (SSSR count). The fourth-order valence-corrected chi connectivity index (χ4v) is 3.70. The lowest BCUT2D eigenvalue weighted by Crippen LogP contribution is -2.43. The van der Waals surface area contributed by atoms with Crippen molar-refractivity contribution in [1.82, 2.24) is 10.2 Å². The molecule has 0 bridgehead atoms. The standard InChI is InChI=1S/C27H30N2O3/c1-3-12-25(30)29(20-21-13-6-4-7-14-21)26(22-15-8-5-9-16-22)27(31)28-19-23-17-10-11-18-24(23)32-2/h4-11,13-18,26H,3,12,19-20H2,1-2H3,(H,28,31)/t26-/m0/s1. The molecule has 3 aromatic carbocycles. The summed E-state index contributed by atoms with van der Waals surface area (Å²) in [4.78, 5) is 28.4. The van der Waals surface area contributed by atoms with Crippen molar-refractivity contribution in [3.8, 4) is 5.75 Å². The molecule has 3 aromatic rings. The number of rotatable bonds is 10. The van der Waals surface area contributed by atoms with E-state index in [-0.39, 0.29) is 11.8 Å². The zero-order valence-electron chi connectivity index (χ0n) is 18.7. The Morgan fingerprint density at radius 2 is 1.53 bits per heavy atom. The van der Waals surface area contributed by atoms with Gasteiger partial charge in [-0.1, -0.05) is 85.8 Å². The Morgan fingerprint density at radius 1 is 0.906 bits per heavy atom. The summed E-state index contributed by atoms with van der Waals surface area (Å²) >= 11 is 0. The van der Waals surface area contributed by atoms with Gasteiger partial charge in [-0.25, -0.2) is 0 Å². The topological polar surface area (TPSA) is 58.6 Å². The number of hydrogen-bond acceptors (Lipinski definition) is 3. The molecule has 2 amide bonds. The van der Waals surface area contributed by atoms with Crippen molar-refractivity contribution >= 4 is 11.8 Å². The Morgan fingerprint density at radius 3 is 2.19 bits per heavy atom. The first kappa shape index (κ1) is 23.1. The Labute approximate surface area is 190 Å². The number of nitrogens with one attached hydrogen (secondary N) is 1. The van der Waals surface area contributed by atoms with E-state index in [0.29, 0.717) is 31.7 Å². The SMILES string of the molecule is CCCC(=O)N(Cc1ccccc1)[C@H](C(=O)NCc1ccccc1OC)c1ccccc1. The van der Waals surface area contributed by atoms with Crippen molar-refractivity contribution in [3.05, 3.63) is 102 Å². The van der Waals surface area contributed by atoms with Crippen LogP contribution in [0.2, 0.25) is 0 Å². The molecule has 0 aromatic heterocycles. The molecule has 0 saturated heterocycles. The molecule has 0 aliphatic carbocycles. The number of para-hydroxylation sites is 1. The number of carbonyl (C=O) groups excluding carboxylic acids is 2. The molecule has 0 aliphatic heterocycles. The summed E-state index contributed by atoms with van der Waals surface area (Å²) in [6.07, 6.45) is 1.10. The summed E-state index contributed by atoms with van der Waals surface area (Å²) in [5, 5.41) is 3.02. The molecule has 0 radical (unpaired) electrons. The largest absolute Gasteiger partial charge is 0.496 e. The van der Waals surface area contributed by atoms with Crippen LogP contribution in [0.5, 0.6) is 5.75 Å². The maximum Gasteiger partial charge on any atom is 0.247 e. The van der Waals surface area contributed by atoms with E-state index in [2.05, 4.69) is 5.32 Å². The van der Waals surface area contributed by atoms with E-state index < -0.39 is 6.04 Å². The van der Waals surface area contributed by atoms with Crippen molar-refractivity contribution in [1.29, 1.82) is 0 Å². The number of hydrogen-bond donors (Lipinski definition) is 1. The van der Waals surface area contributed by atoms with Crippen LogP contribution in [0, 0.1) is 0 Å². The van der Waals surface area contributed by atoms with E-state index in [1.165, 1.54) is 0 Å². The maximum absolute atomic E-state index is 13.5. The molecule has 0 spiro atoms. The molecule has 5 heteroatoms. The molecule has 1 N–H and O–H groups in total. The van der Waals surface area contributed by atoms with Crippen LogP contribution < -0.4 is 10.1 Å². The second-order valence-electron chi connectivity index (χ2n) is 7.60. The number of benzene rings is 3. The number of amides is 2. The van der Waals surface area contributed by atoms with Gasteiger partial charge in [0.25, 0.3) is 0 Å². The highest BCUT2D eigenvalue weighted by atomic mass is 16.5. The number of methoxy groups -OCH3 is 1. The van der Waals surface area contributed by atoms with E-state index in [0.717, 1.165) is 16.7 Å². The van der Waals surface area contributed by atoms with Gasteiger partial charge in [-0.05, 0) is 23.6 Å². The van der Waals surface area contributed by atoms with Gasteiger partial charge < -0.3 is 15.0 Å². The molecular formula is C27H30N2O3. The average Bonchev–Trinajstić information content (AvgIpc) is 2.84. The molecule has 32 heavy (non-hydrogen) atoms. The maximum atomic E-state index is 13.5. The van der Waals surface area contributed by atoms with Gasteiger partial charge in [0.1, 0.15) is 11.8 Å². The third kappa shape index (κ3) is 5.97. The Hall–Kier alpha value is -3.60. The van der Waals surface area contributed by atoms with Gasteiger partial charge in [0.2, 0.25) is 11.8 Å². The normalized spacial score (nSPS) is 11.4. The Kier molecular flexibility index (Phi) is 8.44. The van der Waals surface area contributed by atoms with E-state index in [4.69, 9.17) is 4.74 Å². The van der Waals surface area contributed by atoms with E-state index in [9.17, 15) is 9.59 Å². The first-order valence-corrected chi connectivity index (χ1v) is 10.9. The quantitative estimate of drug-likeness (QED) is 0.499. The van der Waals surface area contributed by atoms with Crippen molar-refractivity contribution in [2.24, 2.45) is 0 Å². The minimum Gasteiger partial charge on any atom is -0.496 e. The van der Waals surface area contributed by atoms with Crippen molar-refractivity contribution in [3.63, 3.8) is 0 Å². The average molecular weight is 431 g/mol. The molecule has 5 nitrogen and oxygen atoms in total. The molecule has 0 heterocycles. The highest BCUT2D eigenvalue weighted by Gasteiger charge is 2.31. The predicted octanol–water partition coefficient (Wildman–Crippen LogP) is 4.88. The van der Waals surface area contributed by atoms with E-state index in [1.807, 2.05) is 91.9 Å². The number of nitrogens with zero attached hydrogens (tertiary/aromatic N) is 1. The third-order valence-corrected chi connectivity index (χ3v) is 5.30. The van der Waals surface area contributed by atoms with Crippen LogP contribution in [0.15, 0.2) is 84.9 Å². The summed E-state index contributed by atoms with van der Waals surface area (Å²) in [6.45, 7) is 2.65. The molecule has 166 valence electrons. The lowest BCUT2D eigenvalue weighted by atomic mass is 10.0. The van der Waals surface area contributed by atoms with E-state index in [1.54, 1.807) is 12.0 Å². The third-order valence-electron chi connectivity index (χ3n) is 5.30. The second-order valence-corrected chi connectivity index (χ2v) is 7.60. The molecular weight excluding hydrogens is 400 g/mol. The van der Waals surface area contributed by atoms with Gasteiger partial charge in [-0.3, -0.25) is 9.59 Å². The first-order chi connectivity index (χ1) is 15.6. The van der Waals surface area contributed by atoms with Crippen LogP contribution >= 0.6 is 0 Å². The zero-order valence-corrected chi connectivity index (χ0v) is 18.7. The van der Waals surface area contributed by atoms with Crippen molar-refractivity contribution < 1.29 is 14.3 Å². The second kappa shape index (κ2) is 11.7.